The van der Waals surface area contributed by atoms with E-state index in [4.69, 9.17) is 4.18 Å². The minimum absolute atomic E-state index is 0.0323. The van der Waals surface area contributed by atoms with Crippen LogP contribution in [0.3, 0.4) is 0 Å². The van der Waals surface area contributed by atoms with Crippen LogP contribution in [-0.4, -0.2) is 14.3 Å². The van der Waals surface area contributed by atoms with Crippen molar-refractivity contribution >= 4 is 32.0 Å². The van der Waals surface area contributed by atoms with Crippen LogP contribution in [0.5, 0.6) is 5.75 Å². The van der Waals surface area contributed by atoms with Gasteiger partial charge in [0, 0.05) is 13.0 Å². The molecular weight excluding hydrogens is 382 g/mol. The number of carbonyl (C=O) groups excluding carboxylic acids is 1. The summed E-state index contributed by atoms with van der Waals surface area (Å²) in [5.74, 6) is 0.200. The molecule has 0 spiro atoms. The molecule has 0 aliphatic carbocycles. The molecule has 0 unspecified atom stereocenters. The van der Waals surface area contributed by atoms with Crippen molar-refractivity contribution in [2.45, 2.75) is 24.3 Å². The zero-order valence-electron chi connectivity index (χ0n) is 12.1. The lowest BCUT2D eigenvalue weighted by Gasteiger charge is -2.11. The van der Waals surface area contributed by atoms with Crippen LogP contribution in [0, 0.1) is 0 Å². The average molecular weight is 396 g/mol. The van der Waals surface area contributed by atoms with Crippen LogP contribution >= 0.6 is 15.9 Å². The van der Waals surface area contributed by atoms with Gasteiger partial charge < -0.3 is 9.50 Å². The number of fused-ring (bicyclic) bond motifs is 1. The fourth-order valence-corrected chi connectivity index (χ4v) is 3.85. The first-order valence-corrected chi connectivity index (χ1v) is 9.23. The molecule has 0 radical (unpaired) electrons. The molecule has 5 nitrogen and oxygen atoms in total. The van der Waals surface area contributed by atoms with E-state index in [9.17, 15) is 13.2 Å². The van der Waals surface area contributed by atoms with E-state index in [0.29, 0.717) is 23.9 Å². The maximum Gasteiger partial charge on any atom is 0.339 e. The second-order valence-electron chi connectivity index (χ2n) is 5.18. The highest BCUT2D eigenvalue weighted by Crippen LogP contribution is 2.28. The minimum atomic E-state index is -3.94. The van der Waals surface area contributed by atoms with Crippen LogP contribution in [0.4, 0.5) is 0 Å². The number of aryl methyl sites for hydroxylation is 1. The van der Waals surface area contributed by atoms with Crippen LogP contribution in [0.15, 0.2) is 51.8 Å². The third-order valence-electron chi connectivity index (χ3n) is 3.60. The Hall–Kier alpha value is -1.86. The van der Waals surface area contributed by atoms with E-state index in [0.717, 1.165) is 11.1 Å². The van der Waals surface area contributed by atoms with Crippen molar-refractivity contribution in [1.82, 2.24) is 5.32 Å². The van der Waals surface area contributed by atoms with Gasteiger partial charge in [0.15, 0.2) is 5.75 Å². The van der Waals surface area contributed by atoms with Gasteiger partial charge in [0.25, 0.3) is 0 Å². The van der Waals surface area contributed by atoms with E-state index in [1.54, 1.807) is 36.4 Å². The maximum atomic E-state index is 12.5. The van der Waals surface area contributed by atoms with Crippen LogP contribution in [0.2, 0.25) is 0 Å². The zero-order chi connectivity index (χ0) is 16.4. The number of halogens is 1. The highest BCUT2D eigenvalue weighted by molar-refractivity contribution is 9.10. The zero-order valence-corrected chi connectivity index (χ0v) is 14.5. The van der Waals surface area contributed by atoms with Crippen LogP contribution in [0.1, 0.15) is 17.5 Å². The van der Waals surface area contributed by atoms with Gasteiger partial charge >= 0.3 is 10.1 Å². The van der Waals surface area contributed by atoms with Gasteiger partial charge in [-0.3, -0.25) is 4.79 Å². The predicted molar refractivity (Wildman–Crippen MR) is 88.6 cm³/mol. The van der Waals surface area contributed by atoms with Crippen molar-refractivity contribution in [1.29, 1.82) is 0 Å². The Labute approximate surface area is 142 Å². The highest BCUT2D eigenvalue weighted by Gasteiger charge is 2.21. The lowest BCUT2D eigenvalue weighted by molar-refractivity contribution is -0.121. The first-order chi connectivity index (χ1) is 11.0. The first-order valence-electron chi connectivity index (χ1n) is 7.03. The van der Waals surface area contributed by atoms with Crippen molar-refractivity contribution in [2.24, 2.45) is 0 Å². The molecule has 0 aromatic heterocycles. The van der Waals surface area contributed by atoms with Crippen molar-refractivity contribution in [3.8, 4) is 5.75 Å². The smallest absolute Gasteiger partial charge is 0.339 e. The molecule has 1 aliphatic heterocycles. The molecule has 1 aliphatic rings. The number of para-hydroxylation sites is 1. The molecule has 1 heterocycles. The number of hydrogen-bond donors (Lipinski definition) is 1. The van der Waals surface area contributed by atoms with Gasteiger partial charge in [0.1, 0.15) is 4.90 Å². The van der Waals surface area contributed by atoms with E-state index < -0.39 is 10.1 Å². The number of benzene rings is 2. The van der Waals surface area contributed by atoms with Gasteiger partial charge in [-0.2, -0.15) is 8.42 Å². The summed E-state index contributed by atoms with van der Waals surface area (Å²) in [6.07, 6.45) is 1.01. The van der Waals surface area contributed by atoms with E-state index >= 15 is 0 Å². The molecule has 1 amide bonds. The summed E-state index contributed by atoms with van der Waals surface area (Å²) in [5, 5.41) is 2.76. The Morgan fingerprint density at radius 3 is 2.61 bits per heavy atom. The fourth-order valence-electron chi connectivity index (χ4n) is 2.38. The van der Waals surface area contributed by atoms with Gasteiger partial charge in [-0.25, -0.2) is 0 Å². The predicted octanol–water partition coefficient (Wildman–Crippen LogP) is 2.78. The molecule has 0 atom stereocenters. The Morgan fingerprint density at radius 2 is 1.83 bits per heavy atom. The summed E-state index contributed by atoms with van der Waals surface area (Å²) < 4.78 is 30.7. The van der Waals surface area contributed by atoms with Gasteiger partial charge in [0.05, 0.1) is 4.47 Å². The number of carbonyl (C=O) groups is 1. The van der Waals surface area contributed by atoms with Crippen molar-refractivity contribution in [3.63, 3.8) is 0 Å². The second-order valence-corrected chi connectivity index (χ2v) is 7.58. The third-order valence-corrected chi connectivity index (χ3v) is 5.49. The largest absolute Gasteiger partial charge is 0.378 e. The van der Waals surface area contributed by atoms with E-state index in [-0.39, 0.29) is 16.6 Å². The molecule has 23 heavy (non-hydrogen) atoms. The summed E-state index contributed by atoms with van der Waals surface area (Å²) in [4.78, 5) is 11.5. The van der Waals surface area contributed by atoms with Gasteiger partial charge in [-0.1, -0.05) is 18.2 Å². The molecule has 120 valence electrons. The van der Waals surface area contributed by atoms with Crippen molar-refractivity contribution in [3.05, 3.63) is 58.1 Å². The average Bonchev–Trinajstić information content (AvgIpc) is 2.71. The van der Waals surface area contributed by atoms with E-state index in [1.165, 1.54) is 6.07 Å². The molecular formula is C16H14BrNO4S. The van der Waals surface area contributed by atoms with E-state index in [1.807, 2.05) is 0 Å². The number of hydrogen-bond acceptors (Lipinski definition) is 4. The number of amides is 1. The van der Waals surface area contributed by atoms with Crippen molar-refractivity contribution in [2.75, 3.05) is 0 Å². The van der Waals surface area contributed by atoms with Crippen molar-refractivity contribution < 1.29 is 17.4 Å². The normalized spacial score (nSPS) is 14.6. The maximum absolute atomic E-state index is 12.5. The monoisotopic (exact) mass is 395 g/mol. The molecule has 7 heteroatoms. The SMILES string of the molecule is O=C1CCc2ccc(S(=O)(=O)Oc3ccccc3Br)cc2CN1. The molecule has 2 aromatic rings. The number of rotatable bonds is 3. The lowest BCUT2D eigenvalue weighted by Crippen LogP contribution is -2.20. The molecule has 0 fully saturated rings. The Balaban J connectivity index is 1.92. The van der Waals surface area contributed by atoms with Crippen LogP contribution in [-0.2, 0) is 27.9 Å². The molecule has 3 rings (SSSR count). The third kappa shape index (κ3) is 3.56. The topological polar surface area (TPSA) is 72.5 Å². The molecule has 0 bridgehead atoms. The Morgan fingerprint density at radius 1 is 1.04 bits per heavy atom. The molecule has 0 saturated heterocycles. The second kappa shape index (κ2) is 6.33. The number of nitrogens with one attached hydrogen (secondary N) is 1. The van der Waals surface area contributed by atoms with Crippen LogP contribution < -0.4 is 9.50 Å². The summed E-state index contributed by atoms with van der Waals surface area (Å²) in [6.45, 7) is 0.326. The lowest BCUT2D eigenvalue weighted by atomic mass is 10.0. The molecule has 0 saturated carbocycles. The van der Waals surface area contributed by atoms with Gasteiger partial charge in [-0.15, -0.1) is 0 Å². The highest BCUT2D eigenvalue weighted by atomic mass is 79.9. The summed E-state index contributed by atoms with van der Waals surface area (Å²) >= 11 is 3.26. The van der Waals surface area contributed by atoms with Gasteiger partial charge in [-0.05, 0) is 57.7 Å². The standard InChI is InChI=1S/C16H14BrNO4S/c17-14-3-1-2-4-15(14)22-23(20,21)13-7-5-11-6-8-16(19)18-10-12(11)9-13/h1-5,7,9H,6,8,10H2,(H,18,19). The first kappa shape index (κ1) is 16.0. The molecule has 1 N–H and O–H groups in total. The summed E-state index contributed by atoms with van der Waals surface area (Å²) in [6, 6.07) is 11.6. The quantitative estimate of drug-likeness (QED) is 0.810. The summed E-state index contributed by atoms with van der Waals surface area (Å²) in [5.41, 5.74) is 1.77. The fraction of sp³-hybridized carbons (Fsp3) is 0.188. The Kier molecular flexibility index (Phi) is 4.41. The minimum Gasteiger partial charge on any atom is -0.378 e. The van der Waals surface area contributed by atoms with Gasteiger partial charge in [0.2, 0.25) is 5.91 Å². The van der Waals surface area contributed by atoms with Crippen LogP contribution in [0.25, 0.3) is 0 Å². The van der Waals surface area contributed by atoms with E-state index in [2.05, 4.69) is 21.2 Å². The summed E-state index contributed by atoms with van der Waals surface area (Å²) in [7, 11) is -3.94. The Bertz CT molecular complexity index is 864. The molecule has 2 aromatic carbocycles.